The van der Waals surface area contributed by atoms with Crippen LogP contribution in [0.15, 0.2) is 72.8 Å². The number of hydrogen-bond acceptors (Lipinski definition) is 3. The molecular formula is C26H26FN3O2. The molecule has 0 spiro atoms. The standard InChI is InChI=1S/C26H26FN3O2/c1-19-7-2-5-10-24(19)32-18-17-30-23-9-4-3-8-22(23)29-25(30)11-6-16-28-26(31)20-12-14-21(27)15-13-20/h2-5,7-10,12-15H,6,11,16-18H2,1H3,(H,28,31). The van der Waals surface area contributed by atoms with E-state index >= 15 is 0 Å². The van der Waals surface area contributed by atoms with Crippen LogP contribution in [0.5, 0.6) is 5.75 Å². The van der Waals surface area contributed by atoms with Gasteiger partial charge < -0.3 is 14.6 Å². The fourth-order valence-electron chi connectivity index (χ4n) is 3.68. The van der Waals surface area contributed by atoms with Crippen LogP contribution in [0.4, 0.5) is 4.39 Å². The minimum atomic E-state index is -0.355. The van der Waals surface area contributed by atoms with Gasteiger partial charge in [0.15, 0.2) is 0 Å². The van der Waals surface area contributed by atoms with Crippen molar-refractivity contribution in [3.8, 4) is 5.75 Å². The van der Waals surface area contributed by atoms with E-state index in [-0.39, 0.29) is 11.7 Å². The van der Waals surface area contributed by atoms with Crippen LogP contribution in [0, 0.1) is 12.7 Å². The van der Waals surface area contributed by atoms with Gasteiger partial charge in [0, 0.05) is 18.5 Å². The van der Waals surface area contributed by atoms with Gasteiger partial charge in [-0.15, -0.1) is 0 Å². The van der Waals surface area contributed by atoms with E-state index in [2.05, 4.69) is 16.0 Å². The second-order valence-corrected chi connectivity index (χ2v) is 7.65. The summed E-state index contributed by atoms with van der Waals surface area (Å²) in [5.41, 5.74) is 3.59. The molecule has 3 aromatic carbocycles. The fourth-order valence-corrected chi connectivity index (χ4v) is 3.68. The van der Waals surface area contributed by atoms with Crippen molar-refractivity contribution in [3.63, 3.8) is 0 Å². The lowest BCUT2D eigenvalue weighted by Gasteiger charge is -2.12. The van der Waals surface area contributed by atoms with Gasteiger partial charge in [0.1, 0.15) is 24.0 Å². The van der Waals surface area contributed by atoms with Crippen molar-refractivity contribution in [3.05, 3.63) is 95.6 Å². The molecule has 0 unspecified atom stereocenters. The first-order chi connectivity index (χ1) is 15.6. The number of halogens is 1. The highest BCUT2D eigenvalue weighted by Gasteiger charge is 2.11. The normalized spacial score (nSPS) is 10.9. The summed E-state index contributed by atoms with van der Waals surface area (Å²) in [4.78, 5) is 17.0. The quantitative estimate of drug-likeness (QED) is 0.383. The molecule has 5 nitrogen and oxygen atoms in total. The first kappa shape index (κ1) is 21.6. The van der Waals surface area contributed by atoms with Gasteiger partial charge in [-0.3, -0.25) is 4.79 Å². The Kier molecular flexibility index (Phi) is 6.80. The van der Waals surface area contributed by atoms with Crippen molar-refractivity contribution in [2.45, 2.75) is 26.3 Å². The zero-order valence-electron chi connectivity index (χ0n) is 18.1. The maximum Gasteiger partial charge on any atom is 0.251 e. The highest BCUT2D eigenvalue weighted by atomic mass is 19.1. The molecule has 4 rings (SSSR count). The topological polar surface area (TPSA) is 56.1 Å². The van der Waals surface area contributed by atoms with Gasteiger partial charge in [0.2, 0.25) is 0 Å². The third-order valence-electron chi connectivity index (χ3n) is 5.37. The third-order valence-corrected chi connectivity index (χ3v) is 5.37. The van der Waals surface area contributed by atoms with E-state index in [1.165, 1.54) is 24.3 Å². The molecule has 0 aliphatic heterocycles. The second kappa shape index (κ2) is 10.1. The maximum absolute atomic E-state index is 13.0. The van der Waals surface area contributed by atoms with E-state index < -0.39 is 0 Å². The Morgan fingerprint density at radius 1 is 1.03 bits per heavy atom. The predicted molar refractivity (Wildman–Crippen MR) is 123 cm³/mol. The van der Waals surface area contributed by atoms with E-state index in [4.69, 9.17) is 9.72 Å². The molecule has 0 radical (unpaired) electrons. The number of imidazole rings is 1. The molecule has 0 saturated carbocycles. The van der Waals surface area contributed by atoms with Crippen LogP contribution in [0.3, 0.4) is 0 Å². The number of nitrogens with one attached hydrogen (secondary N) is 1. The number of fused-ring (bicyclic) bond motifs is 1. The summed E-state index contributed by atoms with van der Waals surface area (Å²) in [7, 11) is 0. The van der Waals surface area contributed by atoms with Gasteiger partial charge in [0.05, 0.1) is 17.6 Å². The van der Waals surface area contributed by atoms with Crippen LogP contribution >= 0.6 is 0 Å². The summed E-state index contributed by atoms with van der Waals surface area (Å²) < 4.78 is 21.2. The Hall–Kier alpha value is -3.67. The Morgan fingerprint density at radius 2 is 1.78 bits per heavy atom. The van der Waals surface area contributed by atoms with E-state index in [1.54, 1.807) is 0 Å². The molecule has 32 heavy (non-hydrogen) atoms. The Morgan fingerprint density at radius 3 is 2.59 bits per heavy atom. The Balaban J connectivity index is 1.37. The van der Waals surface area contributed by atoms with Crippen LogP contribution < -0.4 is 10.1 Å². The molecule has 0 aliphatic rings. The van der Waals surface area contributed by atoms with E-state index in [1.807, 2.05) is 49.4 Å². The zero-order valence-corrected chi connectivity index (χ0v) is 18.1. The van der Waals surface area contributed by atoms with Gasteiger partial charge in [0.25, 0.3) is 5.91 Å². The van der Waals surface area contributed by atoms with E-state index in [9.17, 15) is 9.18 Å². The molecule has 4 aromatic rings. The molecule has 0 bridgehead atoms. The largest absolute Gasteiger partial charge is 0.491 e. The van der Waals surface area contributed by atoms with Crippen LogP contribution in [0.1, 0.15) is 28.2 Å². The van der Waals surface area contributed by atoms with Crippen LogP contribution in [-0.2, 0) is 13.0 Å². The molecule has 1 N–H and O–H groups in total. The number of rotatable bonds is 9. The summed E-state index contributed by atoms with van der Waals surface area (Å²) in [6.45, 7) is 3.78. The lowest BCUT2D eigenvalue weighted by atomic mass is 10.2. The smallest absolute Gasteiger partial charge is 0.251 e. The number of ether oxygens (including phenoxy) is 1. The average Bonchev–Trinajstić information content (AvgIpc) is 3.16. The average molecular weight is 432 g/mol. The van der Waals surface area contributed by atoms with Crippen molar-refractivity contribution in [1.82, 2.24) is 14.9 Å². The maximum atomic E-state index is 13.0. The number of aryl methyl sites for hydroxylation is 2. The van der Waals surface area contributed by atoms with Crippen molar-refractivity contribution < 1.29 is 13.9 Å². The van der Waals surface area contributed by atoms with Crippen LogP contribution in [0.25, 0.3) is 11.0 Å². The number of carbonyl (C=O) groups is 1. The van der Waals surface area contributed by atoms with Crippen LogP contribution in [-0.4, -0.2) is 28.6 Å². The van der Waals surface area contributed by atoms with Gasteiger partial charge >= 0.3 is 0 Å². The molecule has 0 fully saturated rings. The first-order valence-corrected chi connectivity index (χ1v) is 10.8. The number of aromatic nitrogens is 2. The zero-order chi connectivity index (χ0) is 22.3. The number of benzene rings is 3. The molecule has 0 saturated heterocycles. The third kappa shape index (κ3) is 5.14. The number of amides is 1. The molecule has 0 aliphatic carbocycles. The predicted octanol–water partition coefficient (Wildman–Crippen LogP) is 4.93. The SMILES string of the molecule is Cc1ccccc1OCCn1c(CCCNC(=O)c2ccc(F)cc2)nc2ccccc21. The summed E-state index contributed by atoms with van der Waals surface area (Å²) in [6.07, 6.45) is 1.47. The lowest BCUT2D eigenvalue weighted by Crippen LogP contribution is -2.25. The van der Waals surface area contributed by atoms with Crippen LogP contribution in [0.2, 0.25) is 0 Å². The van der Waals surface area contributed by atoms with Crippen molar-refractivity contribution in [1.29, 1.82) is 0 Å². The molecule has 0 atom stereocenters. The summed E-state index contributed by atoms with van der Waals surface area (Å²) in [5, 5.41) is 2.89. The second-order valence-electron chi connectivity index (χ2n) is 7.65. The Bertz CT molecular complexity index is 1200. The van der Waals surface area contributed by atoms with Crippen molar-refractivity contribution in [2.24, 2.45) is 0 Å². The van der Waals surface area contributed by atoms with Crippen molar-refractivity contribution >= 4 is 16.9 Å². The number of para-hydroxylation sites is 3. The Labute approximate surface area is 186 Å². The first-order valence-electron chi connectivity index (χ1n) is 10.8. The monoisotopic (exact) mass is 431 g/mol. The fraction of sp³-hybridized carbons (Fsp3) is 0.231. The minimum absolute atomic E-state index is 0.204. The summed E-state index contributed by atoms with van der Waals surface area (Å²) in [5.74, 6) is 1.30. The molecule has 1 amide bonds. The minimum Gasteiger partial charge on any atom is -0.491 e. The number of carbonyl (C=O) groups excluding carboxylic acids is 1. The molecule has 1 heterocycles. The summed E-state index contributed by atoms with van der Waals surface area (Å²) in [6, 6.07) is 21.6. The summed E-state index contributed by atoms with van der Waals surface area (Å²) >= 11 is 0. The molecule has 164 valence electrons. The lowest BCUT2D eigenvalue weighted by molar-refractivity contribution is 0.0953. The molecule has 6 heteroatoms. The van der Waals surface area contributed by atoms with E-state index in [0.717, 1.165) is 41.0 Å². The van der Waals surface area contributed by atoms with Gasteiger partial charge in [-0.1, -0.05) is 30.3 Å². The van der Waals surface area contributed by atoms with E-state index in [0.29, 0.717) is 25.3 Å². The van der Waals surface area contributed by atoms with Gasteiger partial charge in [-0.05, 0) is 61.4 Å². The van der Waals surface area contributed by atoms with Gasteiger partial charge in [-0.25, -0.2) is 9.37 Å². The number of hydrogen-bond donors (Lipinski definition) is 1. The highest BCUT2D eigenvalue weighted by Crippen LogP contribution is 2.19. The molecule has 1 aromatic heterocycles. The number of nitrogens with zero attached hydrogens (tertiary/aromatic N) is 2. The van der Waals surface area contributed by atoms with Crippen molar-refractivity contribution in [2.75, 3.05) is 13.2 Å². The molecular weight excluding hydrogens is 405 g/mol. The van der Waals surface area contributed by atoms with Gasteiger partial charge in [-0.2, -0.15) is 0 Å². The highest BCUT2D eigenvalue weighted by molar-refractivity contribution is 5.94.